The zero-order valence-electron chi connectivity index (χ0n) is 10.3. The summed E-state index contributed by atoms with van der Waals surface area (Å²) in [5.74, 6) is 0. The third kappa shape index (κ3) is 2.68. The molecule has 0 fully saturated rings. The van der Waals surface area contributed by atoms with Gasteiger partial charge in [-0.05, 0) is 26.0 Å². The molecule has 0 amide bonds. The van der Waals surface area contributed by atoms with Crippen molar-refractivity contribution in [2.75, 3.05) is 24.7 Å². The van der Waals surface area contributed by atoms with Crippen molar-refractivity contribution in [2.45, 2.75) is 19.4 Å². The summed E-state index contributed by atoms with van der Waals surface area (Å²) in [5, 5.41) is 3.10. The fraction of sp³-hybridized carbons (Fsp3) is 0.417. The minimum atomic E-state index is -0.264. The molecule has 0 saturated heterocycles. The number of nitrogens with zero attached hydrogens (tertiary/aromatic N) is 1. The largest absolute Gasteiger partial charge is 0.423 e. The van der Waals surface area contributed by atoms with Gasteiger partial charge in [0.15, 0.2) is 5.58 Å². The number of ether oxygens (including phenoxy) is 1. The monoisotopic (exact) mass is 235 g/mol. The molecular weight excluding hydrogens is 218 g/mol. The Morgan fingerprint density at radius 3 is 2.94 bits per heavy atom. The maximum Gasteiger partial charge on any atom is 0.295 e. The first-order valence-electron chi connectivity index (χ1n) is 5.45. The van der Waals surface area contributed by atoms with Crippen molar-refractivity contribution in [3.05, 3.63) is 18.2 Å². The number of fused-ring (bicyclic) bond motifs is 1. The van der Waals surface area contributed by atoms with E-state index in [0.29, 0.717) is 23.8 Å². The van der Waals surface area contributed by atoms with E-state index in [0.717, 1.165) is 5.52 Å². The predicted molar refractivity (Wildman–Crippen MR) is 68.0 cm³/mol. The number of nitrogens with one attached hydrogen (secondary N) is 1. The minimum absolute atomic E-state index is 0.264. The normalized spacial score (nSPS) is 11.9. The van der Waals surface area contributed by atoms with E-state index in [9.17, 15) is 0 Å². The predicted octanol–water partition coefficient (Wildman–Crippen LogP) is 2.25. The van der Waals surface area contributed by atoms with E-state index >= 15 is 0 Å². The average molecular weight is 235 g/mol. The van der Waals surface area contributed by atoms with E-state index in [1.807, 2.05) is 19.9 Å². The van der Waals surface area contributed by atoms with Gasteiger partial charge in [-0.2, -0.15) is 4.98 Å². The van der Waals surface area contributed by atoms with Crippen molar-refractivity contribution < 1.29 is 9.15 Å². The molecule has 1 aromatic carbocycles. The van der Waals surface area contributed by atoms with Crippen molar-refractivity contribution in [2.24, 2.45) is 0 Å². The van der Waals surface area contributed by atoms with Gasteiger partial charge in [-0.15, -0.1) is 0 Å². The van der Waals surface area contributed by atoms with Crippen LogP contribution in [0.25, 0.3) is 11.1 Å². The van der Waals surface area contributed by atoms with Crippen LogP contribution in [0, 0.1) is 0 Å². The number of methoxy groups -OCH3 is 1. The van der Waals surface area contributed by atoms with E-state index in [-0.39, 0.29) is 5.60 Å². The molecular formula is C12H17N3O2. The summed E-state index contributed by atoms with van der Waals surface area (Å²) in [6, 6.07) is 5.87. The van der Waals surface area contributed by atoms with Gasteiger partial charge < -0.3 is 20.2 Å². The van der Waals surface area contributed by atoms with Crippen LogP contribution in [0.15, 0.2) is 22.6 Å². The number of rotatable bonds is 4. The first-order valence-corrected chi connectivity index (χ1v) is 5.45. The maximum absolute atomic E-state index is 5.67. The molecule has 92 valence electrons. The van der Waals surface area contributed by atoms with E-state index in [2.05, 4.69) is 10.3 Å². The summed E-state index contributed by atoms with van der Waals surface area (Å²) in [4.78, 5) is 4.30. The summed E-state index contributed by atoms with van der Waals surface area (Å²) in [7, 11) is 1.68. The summed E-state index contributed by atoms with van der Waals surface area (Å²) < 4.78 is 10.8. The summed E-state index contributed by atoms with van der Waals surface area (Å²) >= 11 is 0. The van der Waals surface area contributed by atoms with Gasteiger partial charge in [0, 0.05) is 25.4 Å². The van der Waals surface area contributed by atoms with Crippen LogP contribution in [0.3, 0.4) is 0 Å². The fourth-order valence-corrected chi connectivity index (χ4v) is 1.38. The van der Waals surface area contributed by atoms with Crippen LogP contribution < -0.4 is 11.1 Å². The third-order valence-corrected chi connectivity index (χ3v) is 2.63. The van der Waals surface area contributed by atoms with Gasteiger partial charge in [-0.25, -0.2) is 0 Å². The number of anilines is 2. The number of hydrogen-bond donors (Lipinski definition) is 2. The molecule has 0 bridgehead atoms. The van der Waals surface area contributed by atoms with E-state index in [1.165, 1.54) is 0 Å². The molecule has 0 aliphatic rings. The Bertz CT molecular complexity index is 519. The number of nitrogen functional groups attached to an aromatic ring is 1. The highest BCUT2D eigenvalue weighted by Crippen LogP contribution is 2.21. The first-order chi connectivity index (χ1) is 8.00. The van der Waals surface area contributed by atoms with Crippen molar-refractivity contribution in [3.63, 3.8) is 0 Å². The summed E-state index contributed by atoms with van der Waals surface area (Å²) in [6.07, 6.45) is 0. The van der Waals surface area contributed by atoms with E-state index < -0.39 is 0 Å². The Morgan fingerprint density at radius 1 is 1.47 bits per heavy atom. The zero-order chi connectivity index (χ0) is 12.5. The Balaban J connectivity index is 2.15. The van der Waals surface area contributed by atoms with Crippen LogP contribution in [-0.2, 0) is 4.74 Å². The van der Waals surface area contributed by atoms with Crippen LogP contribution in [0.1, 0.15) is 13.8 Å². The molecule has 0 aliphatic heterocycles. The van der Waals surface area contributed by atoms with Crippen LogP contribution in [0.5, 0.6) is 0 Å². The maximum atomic E-state index is 5.67. The lowest BCUT2D eigenvalue weighted by Gasteiger charge is -2.22. The number of oxazole rings is 1. The van der Waals surface area contributed by atoms with Crippen LogP contribution >= 0.6 is 0 Å². The van der Waals surface area contributed by atoms with Crippen molar-refractivity contribution >= 4 is 22.8 Å². The molecule has 17 heavy (non-hydrogen) atoms. The molecule has 0 radical (unpaired) electrons. The molecule has 0 spiro atoms. The number of hydrogen-bond acceptors (Lipinski definition) is 5. The van der Waals surface area contributed by atoms with Crippen LogP contribution in [-0.4, -0.2) is 24.2 Å². The van der Waals surface area contributed by atoms with Gasteiger partial charge in [0.25, 0.3) is 6.01 Å². The SMILES string of the molecule is COC(C)(C)CNc1nc2ccc(N)cc2o1. The smallest absolute Gasteiger partial charge is 0.295 e. The molecule has 2 rings (SSSR count). The lowest BCUT2D eigenvalue weighted by molar-refractivity contribution is 0.0340. The van der Waals surface area contributed by atoms with Crippen molar-refractivity contribution in [3.8, 4) is 0 Å². The Hall–Kier alpha value is -1.75. The second kappa shape index (κ2) is 4.25. The standard InChI is InChI=1S/C12H17N3O2/c1-12(2,16-3)7-14-11-15-9-5-4-8(13)6-10(9)17-11/h4-6H,7,13H2,1-3H3,(H,14,15). The van der Waals surface area contributed by atoms with Gasteiger partial charge in [0.05, 0.1) is 5.60 Å². The molecule has 0 atom stereocenters. The highest BCUT2D eigenvalue weighted by atomic mass is 16.5. The van der Waals surface area contributed by atoms with E-state index in [1.54, 1.807) is 19.2 Å². The molecule has 5 nitrogen and oxygen atoms in total. The van der Waals surface area contributed by atoms with Gasteiger partial charge in [-0.3, -0.25) is 0 Å². The Morgan fingerprint density at radius 2 is 2.24 bits per heavy atom. The second-order valence-corrected chi connectivity index (χ2v) is 4.56. The summed E-state index contributed by atoms with van der Waals surface area (Å²) in [5.41, 5.74) is 7.54. The molecule has 0 unspecified atom stereocenters. The average Bonchev–Trinajstić information content (AvgIpc) is 2.68. The highest BCUT2D eigenvalue weighted by Gasteiger charge is 2.17. The third-order valence-electron chi connectivity index (χ3n) is 2.63. The number of benzene rings is 1. The Kier molecular flexibility index (Phi) is 2.93. The molecule has 2 aromatic rings. The molecule has 0 saturated carbocycles. The fourth-order valence-electron chi connectivity index (χ4n) is 1.38. The van der Waals surface area contributed by atoms with Crippen LogP contribution in [0.2, 0.25) is 0 Å². The first kappa shape index (κ1) is 11.7. The van der Waals surface area contributed by atoms with Gasteiger partial charge in [0.2, 0.25) is 0 Å². The van der Waals surface area contributed by atoms with Gasteiger partial charge in [-0.1, -0.05) is 0 Å². The molecule has 5 heteroatoms. The van der Waals surface area contributed by atoms with E-state index in [4.69, 9.17) is 14.9 Å². The summed E-state index contributed by atoms with van der Waals surface area (Å²) in [6.45, 7) is 4.59. The topological polar surface area (TPSA) is 73.3 Å². The number of nitrogens with two attached hydrogens (primary N) is 1. The molecule has 1 heterocycles. The molecule has 1 aromatic heterocycles. The van der Waals surface area contributed by atoms with Gasteiger partial charge in [0.1, 0.15) is 5.52 Å². The lowest BCUT2D eigenvalue weighted by atomic mass is 10.1. The highest BCUT2D eigenvalue weighted by molar-refractivity contribution is 5.78. The lowest BCUT2D eigenvalue weighted by Crippen LogP contribution is -2.32. The van der Waals surface area contributed by atoms with Crippen LogP contribution in [0.4, 0.5) is 11.7 Å². The quantitative estimate of drug-likeness (QED) is 0.795. The van der Waals surface area contributed by atoms with Crippen molar-refractivity contribution in [1.29, 1.82) is 0 Å². The Labute approximate surface area is 100.0 Å². The molecule has 0 aliphatic carbocycles. The van der Waals surface area contributed by atoms with Crippen molar-refractivity contribution in [1.82, 2.24) is 4.98 Å². The molecule has 3 N–H and O–H groups in total. The minimum Gasteiger partial charge on any atom is -0.423 e. The zero-order valence-corrected chi connectivity index (χ0v) is 10.3. The second-order valence-electron chi connectivity index (χ2n) is 4.56. The number of aromatic nitrogens is 1. The van der Waals surface area contributed by atoms with Gasteiger partial charge >= 0.3 is 0 Å².